The van der Waals surface area contributed by atoms with Crippen molar-refractivity contribution in [3.63, 3.8) is 0 Å². The van der Waals surface area contributed by atoms with E-state index in [1.165, 1.54) is 56.9 Å². The molecule has 3 atom stereocenters. The Kier molecular flexibility index (Phi) is 5.86. The van der Waals surface area contributed by atoms with Gasteiger partial charge in [-0.25, -0.2) is 0 Å². The molecular weight excluding hydrogens is 244 g/mol. The highest BCUT2D eigenvalue weighted by molar-refractivity contribution is 5.75. The maximum atomic E-state index is 11.3. The molecule has 2 fully saturated rings. The summed E-state index contributed by atoms with van der Waals surface area (Å²) in [6.07, 6.45) is 12.9. The van der Waals surface area contributed by atoms with Gasteiger partial charge in [0.05, 0.1) is 0 Å². The first-order chi connectivity index (χ1) is 9.58. The van der Waals surface area contributed by atoms with Crippen molar-refractivity contribution in [2.75, 3.05) is 0 Å². The van der Waals surface area contributed by atoms with Crippen LogP contribution in [0.2, 0.25) is 0 Å². The van der Waals surface area contributed by atoms with Crippen LogP contribution in [0.3, 0.4) is 0 Å². The van der Waals surface area contributed by atoms with Gasteiger partial charge in [0.25, 0.3) is 0 Å². The van der Waals surface area contributed by atoms with Gasteiger partial charge in [-0.15, -0.1) is 0 Å². The number of ketones is 1. The normalized spacial score (nSPS) is 31.7. The van der Waals surface area contributed by atoms with E-state index in [-0.39, 0.29) is 0 Å². The fraction of sp³-hybridized carbons (Fsp3) is 0.842. The van der Waals surface area contributed by atoms with Gasteiger partial charge in [-0.1, -0.05) is 51.2 Å². The van der Waals surface area contributed by atoms with Crippen LogP contribution < -0.4 is 0 Å². The van der Waals surface area contributed by atoms with Crippen LogP contribution in [0.1, 0.15) is 78.1 Å². The third-order valence-electron chi connectivity index (χ3n) is 5.88. The van der Waals surface area contributed by atoms with Gasteiger partial charge in [0.15, 0.2) is 0 Å². The van der Waals surface area contributed by atoms with Crippen LogP contribution in [-0.4, -0.2) is 5.78 Å². The quantitative estimate of drug-likeness (QED) is 0.582. The van der Waals surface area contributed by atoms with E-state index < -0.39 is 0 Å². The first kappa shape index (κ1) is 15.8. The zero-order chi connectivity index (χ0) is 14.5. The van der Waals surface area contributed by atoms with Crippen molar-refractivity contribution < 1.29 is 4.79 Å². The molecule has 2 saturated carbocycles. The first-order valence-electron chi connectivity index (χ1n) is 8.75. The van der Waals surface area contributed by atoms with Gasteiger partial charge in [-0.05, 0) is 56.3 Å². The number of Topliss-reactive ketones (excluding diaryl/α,β-unsaturated/α-hetero) is 1. The molecule has 0 amide bonds. The van der Waals surface area contributed by atoms with Crippen molar-refractivity contribution in [1.82, 2.24) is 0 Å². The Morgan fingerprint density at radius 2 is 1.85 bits per heavy atom. The fourth-order valence-corrected chi connectivity index (χ4v) is 4.50. The average Bonchev–Trinajstić information content (AvgIpc) is 2.91. The summed E-state index contributed by atoms with van der Waals surface area (Å²) in [7, 11) is 0. The molecule has 0 spiro atoms. The van der Waals surface area contributed by atoms with Crippen LogP contribution >= 0.6 is 0 Å². The summed E-state index contributed by atoms with van der Waals surface area (Å²) >= 11 is 0. The van der Waals surface area contributed by atoms with Gasteiger partial charge >= 0.3 is 0 Å². The molecule has 0 heterocycles. The summed E-state index contributed by atoms with van der Waals surface area (Å²) in [5.41, 5.74) is 1.43. The van der Waals surface area contributed by atoms with E-state index >= 15 is 0 Å². The third kappa shape index (κ3) is 4.20. The van der Waals surface area contributed by atoms with Gasteiger partial charge < -0.3 is 4.79 Å². The minimum Gasteiger partial charge on any atom is -0.300 e. The van der Waals surface area contributed by atoms with Crippen LogP contribution in [0, 0.1) is 23.7 Å². The molecule has 2 aliphatic rings. The minimum atomic E-state index is 0.338. The highest BCUT2D eigenvalue weighted by Gasteiger charge is 2.33. The van der Waals surface area contributed by atoms with Crippen molar-refractivity contribution in [1.29, 1.82) is 0 Å². The molecule has 0 aromatic heterocycles. The second-order valence-corrected chi connectivity index (χ2v) is 7.41. The Hall–Kier alpha value is -0.590. The Bertz CT molecular complexity index is 338. The second-order valence-electron chi connectivity index (χ2n) is 7.41. The molecule has 20 heavy (non-hydrogen) atoms. The monoisotopic (exact) mass is 276 g/mol. The van der Waals surface area contributed by atoms with E-state index in [0.717, 1.165) is 30.6 Å². The molecular formula is C19H32O. The minimum absolute atomic E-state index is 0.338. The van der Waals surface area contributed by atoms with E-state index in [4.69, 9.17) is 0 Å². The number of allylic oxidation sites excluding steroid dienone is 1. The lowest BCUT2D eigenvalue weighted by molar-refractivity contribution is -0.117. The summed E-state index contributed by atoms with van der Waals surface area (Å²) in [5, 5.41) is 0. The molecule has 2 rings (SSSR count). The van der Waals surface area contributed by atoms with Crippen molar-refractivity contribution in [2.45, 2.75) is 78.1 Å². The summed E-state index contributed by atoms with van der Waals surface area (Å²) < 4.78 is 0. The molecule has 0 N–H and O–H groups in total. The van der Waals surface area contributed by atoms with Crippen molar-refractivity contribution >= 4 is 5.78 Å². The highest BCUT2D eigenvalue weighted by atomic mass is 16.1. The van der Waals surface area contributed by atoms with Crippen molar-refractivity contribution in [3.8, 4) is 0 Å². The van der Waals surface area contributed by atoms with Crippen LogP contribution in [0.5, 0.6) is 0 Å². The number of carbonyl (C=O) groups excluding carboxylic acids is 1. The predicted molar refractivity (Wildman–Crippen MR) is 85.6 cm³/mol. The van der Waals surface area contributed by atoms with E-state index in [1.807, 2.05) is 0 Å². The number of rotatable bonds is 6. The maximum Gasteiger partial charge on any atom is 0.129 e. The van der Waals surface area contributed by atoms with E-state index in [0.29, 0.717) is 11.7 Å². The molecule has 0 aromatic rings. The fourth-order valence-electron chi connectivity index (χ4n) is 4.50. The summed E-state index contributed by atoms with van der Waals surface area (Å²) in [4.78, 5) is 11.3. The van der Waals surface area contributed by atoms with Gasteiger partial charge in [-0.2, -0.15) is 0 Å². The zero-order valence-corrected chi connectivity index (χ0v) is 13.5. The van der Waals surface area contributed by atoms with Crippen molar-refractivity contribution in [2.24, 2.45) is 23.7 Å². The smallest absolute Gasteiger partial charge is 0.129 e. The molecule has 1 nitrogen and oxygen atoms in total. The lowest BCUT2D eigenvalue weighted by atomic mass is 9.66. The molecule has 3 unspecified atom stereocenters. The molecule has 0 aliphatic heterocycles. The Morgan fingerprint density at radius 3 is 2.50 bits per heavy atom. The molecule has 0 aromatic carbocycles. The van der Waals surface area contributed by atoms with Crippen LogP contribution in [-0.2, 0) is 4.79 Å². The lowest BCUT2D eigenvalue weighted by Crippen LogP contribution is -2.29. The average molecular weight is 276 g/mol. The topological polar surface area (TPSA) is 17.1 Å². The van der Waals surface area contributed by atoms with Crippen LogP contribution in [0.4, 0.5) is 0 Å². The summed E-state index contributed by atoms with van der Waals surface area (Å²) in [6.45, 7) is 8.47. The standard InChI is InChI=1S/C19H32O/c1-14-8-9-15(2)19(18(14)12-10-16(3)20)13-11-17-6-4-5-7-17/h15,17-19H,1,4-13H2,2-3H3. The van der Waals surface area contributed by atoms with E-state index in [2.05, 4.69) is 13.5 Å². The molecule has 0 bridgehead atoms. The largest absolute Gasteiger partial charge is 0.300 e. The Balaban J connectivity index is 1.91. The van der Waals surface area contributed by atoms with Gasteiger partial charge in [0, 0.05) is 6.42 Å². The van der Waals surface area contributed by atoms with Crippen molar-refractivity contribution in [3.05, 3.63) is 12.2 Å². The number of hydrogen-bond donors (Lipinski definition) is 0. The van der Waals surface area contributed by atoms with E-state index in [9.17, 15) is 4.79 Å². The Morgan fingerprint density at radius 1 is 1.15 bits per heavy atom. The third-order valence-corrected chi connectivity index (χ3v) is 5.88. The molecule has 0 radical (unpaired) electrons. The maximum absolute atomic E-state index is 11.3. The van der Waals surface area contributed by atoms with Gasteiger partial charge in [0.2, 0.25) is 0 Å². The number of hydrogen-bond acceptors (Lipinski definition) is 1. The summed E-state index contributed by atoms with van der Waals surface area (Å²) in [5.74, 6) is 3.55. The van der Waals surface area contributed by atoms with Gasteiger partial charge in [-0.3, -0.25) is 0 Å². The molecule has 2 aliphatic carbocycles. The van der Waals surface area contributed by atoms with E-state index in [1.54, 1.807) is 6.92 Å². The zero-order valence-electron chi connectivity index (χ0n) is 13.5. The molecule has 114 valence electrons. The van der Waals surface area contributed by atoms with Crippen LogP contribution in [0.25, 0.3) is 0 Å². The SMILES string of the molecule is C=C1CCC(C)C(CCC2CCCC2)C1CCC(C)=O. The Labute approximate surface area is 125 Å². The molecule has 0 saturated heterocycles. The highest BCUT2D eigenvalue weighted by Crippen LogP contribution is 2.44. The molecule has 1 heteroatoms. The number of carbonyl (C=O) groups is 1. The first-order valence-corrected chi connectivity index (χ1v) is 8.75. The van der Waals surface area contributed by atoms with Gasteiger partial charge in [0.1, 0.15) is 5.78 Å². The summed E-state index contributed by atoms with van der Waals surface area (Å²) in [6, 6.07) is 0. The predicted octanol–water partition coefficient (Wildman–Crippen LogP) is 5.54. The van der Waals surface area contributed by atoms with Crippen LogP contribution in [0.15, 0.2) is 12.2 Å². The lowest BCUT2D eigenvalue weighted by Gasteiger charge is -2.39. The second kappa shape index (κ2) is 7.43.